The van der Waals surface area contributed by atoms with Crippen molar-refractivity contribution in [3.8, 4) is 0 Å². The van der Waals surface area contributed by atoms with Gasteiger partial charge in [0.15, 0.2) is 0 Å². The van der Waals surface area contributed by atoms with Crippen LogP contribution < -0.4 is 5.73 Å². The molecule has 3 heteroatoms. The number of nitrogens with zero attached hydrogens (tertiary/aromatic N) is 1. The second kappa shape index (κ2) is 5.15. The second-order valence-electron chi connectivity index (χ2n) is 5.18. The van der Waals surface area contributed by atoms with Gasteiger partial charge in [0.05, 0.1) is 0 Å². The molecular formula is C14H21FN2. The van der Waals surface area contributed by atoms with Gasteiger partial charge >= 0.3 is 0 Å². The number of halogens is 1. The molecule has 0 amide bonds. The third-order valence-electron chi connectivity index (χ3n) is 3.76. The first-order valence-corrected chi connectivity index (χ1v) is 6.29. The van der Waals surface area contributed by atoms with Crippen LogP contribution in [0, 0.1) is 11.7 Å². The summed E-state index contributed by atoms with van der Waals surface area (Å²) >= 11 is 0. The SMILES string of the molecule is CC(C1CC1)N(C)CC(N)c1cccc(F)c1. The Morgan fingerprint density at radius 2 is 2.18 bits per heavy atom. The first kappa shape index (κ1) is 12.5. The van der Waals surface area contributed by atoms with Crippen LogP contribution in [-0.4, -0.2) is 24.5 Å². The van der Waals surface area contributed by atoms with Crippen LogP contribution in [0.4, 0.5) is 4.39 Å². The summed E-state index contributed by atoms with van der Waals surface area (Å²) in [5, 5.41) is 0. The van der Waals surface area contributed by atoms with E-state index in [2.05, 4.69) is 18.9 Å². The van der Waals surface area contributed by atoms with Gasteiger partial charge in [-0.15, -0.1) is 0 Å². The molecule has 2 rings (SSSR count). The summed E-state index contributed by atoms with van der Waals surface area (Å²) in [6.07, 6.45) is 2.67. The molecule has 0 saturated heterocycles. The highest BCUT2D eigenvalue weighted by Crippen LogP contribution is 2.35. The first-order chi connectivity index (χ1) is 8.08. The van der Waals surface area contributed by atoms with Crippen LogP contribution in [-0.2, 0) is 0 Å². The van der Waals surface area contributed by atoms with Crippen molar-refractivity contribution < 1.29 is 4.39 Å². The van der Waals surface area contributed by atoms with Crippen LogP contribution in [0.1, 0.15) is 31.4 Å². The second-order valence-corrected chi connectivity index (χ2v) is 5.18. The Bertz CT molecular complexity index is 376. The largest absolute Gasteiger partial charge is 0.323 e. The zero-order chi connectivity index (χ0) is 12.4. The van der Waals surface area contributed by atoms with Crippen LogP contribution in [0.15, 0.2) is 24.3 Å². The summed E-state index contributed by atoms with van der Waals surface area (Å²) in [7, 11) is 2.10. The minimum atomic E-state index is -0.212. The van der Waals surface area contributed by atoms with E-state index in [9.17, 15) is 4.39 Å². The Balaban J connectivity index is 1.93. The molecule has 1 aromatic rings. The molecule has 94 valence electrons. The summed E-state index contributed by atoms with van der Waals surface area (Å²) in [4.78, 5) is 2.28. The van der Waals surface area contributed by atoms with Gasteiger partial charge in [0.25, 0.3) is 0 Å². The maximum atomic E-state index is 13.1. The number of benzene rings is 1. The molecule has 0 aromatic heterocycles. The minimum Gasteiger partial charge on any atom is -0.323 e. The van der Waals surface area contributed by atoms with Gasteiger partial charge < -0.3 is 10.6 Å². The molecule has 1 aliphatic rings. The smallest absolute Gasteiger partial charge is 0.123 e. The number of rotatable bonds is 5. The van der Waals surface area contributed by atoms with Crippen molar-refractivity contribution >= 4 is 0 Å². The minimum absolute atomic E-state index is 0.114. The summed E-state index contributed by atoms with van der Waals surface area (Å²) in [5.74, 6) is 0.621. The van der Waals surface area contributed by atoms with E-state index >= 15 is 0 Å². The van der Waals surface area contributed by atoms with E-state index in [1.165, 1.54) is 25.0 Å². The zero-order valence-corrected chi connectivity index (χ0v) is 10.6. The Kier molecular flexibility index (Phi) is 3.79. The number of hydrogen-bond donors (Lipinski definition) is 1. The van der Waals surface area contributed by atoms with Crippen molar-refractivity contribution in [2.45, 2.75) is 31.8 Å². The van der Waals surface area contributed by atoms with E-state index in [1.54, 1.807) is 6.07 Å². The number of nitrogens with two attached hydrogens (primary N) is 1. The van der Waals surface area contributed by atoms with Crippen molar-refractivity contribution in [2.75, 3.05) is 13.6 Å². The van der Waals surface area contributed by atoms with Gasteiger partial charge in [0.2, 0.25) is 0 Å². The van der Waals surface area contributed by atoms with Gasteiger partial charge in [-0.2, -0.15) is 0 Å². The summed E-state index contributed by atoms with van der Waals surface area (Å²) in [6.45, 7) is 3.02. The number of hydrogen-bond acceptors (Lipinski definition) is 2. The summed E-state index contributed by atoms with van der Waals surface area (Å²) < 4.78 is 13.1. The van der Waals surface area contributed by atoms with E-state index < -0.39 is 0 Å². The maximum absolute atomic E-state index is 13.1. The zero-order valence-electron chi connectivity index (χ0n) is 10.6. The molecule has 2 atom stereocenters. The topological polar surface area (TPSA) is 29.3 Å². The van der Waals surface area contributed by atoms with Crippen LogP contribution in [0.25, 0.3) is 0 Å². The van der Waals surface area contributed by atoms with Crippen LogP contribution in [0.3, 0.4) is 0 Å². The molecule has 0 aliphatic heterocycles. The summed E-state index contributed by atoms with van der Waals surface area (Å²) in [5.41, 5.74) is 6.99. The third-order valence-corrected chi connectivity index (χ3v) is 3.76. The van der Waals surface area contributed by atoms with Gasteiger partial charge in [0, 0.05) is 18.6 Å². The molecule has 1 aliphatic carbocycles. The quantitative estimate of drug-likeness (QED) is 0.851. The normalized spacial score (nSPS) is 19.4. The highest BCUT2D eigenvalue weighted by atomic mass is 19.1. The maximum Gasteiger partial charge on any atom is 0.123 e. The standard InChI is InChI=1S/C14H21FN2/c1-10(11-6-7-11)17(2)9-14(16)12-4-3-5-13(15)8-12/h3-5,8,10-11,14H,6-7,9,16H2,1-2H3. The van der Waals surface area contributed by atoms with E-state index in [1.807, 2.05) is 6.07 Å². The molecule has 17 heavy (non-hydrogen) atoms. The Hall–Kier alpha value is -0.930. The molecule has 0 radical (unpaired) electrons. The molecule has 0 spiro atoms. The lowest BCUT2D eigenvalue weighted by molar-refractivity contribution is 0.221. The predicted molar refractivity (Wildman–Crippen MR) is 68.1 cm³/mol. The lowest BCUT2D eigenvalue weighted by atomic mass is 10.1. The van der Waals surface area contributed by atoms with Crippen molar-refractivity contribution in [1.82, 2.24) is 4.90 Å². The molecule has 0 bridgehead atoms. The molecule has 1 fully saturated rings. The lowest BCUT2D eigenvalue weighted by Gasteiger charge is -2.27. The highest BCUT2D eigenvalue weighted by molar-refractivity contribution is 5.20. The van der Waals surface area contributed by atoms with Crippen LogP contribution >= 0.6 is 0 Å². The van der Waals surface area contributed by atoms with Gasteiger partial charge in [-0.25, -0.2) is 4.39 Å². The Labute approximate surface area is 103 Å². The lowest BCUT2D eigenvalue weighted by Crippen LogP contribution is -2.36. The molecule has 2 nitrogen and oxygen atoms in total. The van der Waals surface area contributed by atoms with E-state index in [-0.39, 0.29) is 11.9 Å². The van der Waals surface area contributed by atoms with Crippen LogP contribution in [0.5, 0.6) is 0 Å². The Morgan fingerprint density at radius 1 is 1.47 bits per heavy atom. The molecule has 1 aromatic carbocycles. The molecule has 2 N–H and O–H groups in total. The average molecular weight is 236 g/mol. The third kappa shape index (κ3) is 3.27. The Morgan fingerprint density at radius 3 is 2.76 bits per heavy atom. The van der Waals surface area contributed by atoms with Gasteiger partial charge in [-0.05, 0) is 50.4 Å². The molecule has 0 heterocycles. The summed E-state index contributed by atoms with van der Waals surface area (Å²) in [6, 6.07) is 7.05. The number of likely N-dealkylation sites (N-methyl/N-ethyl adjacent to an activating group) is 1. The highest BCUT2D eigenvalue weighted by Gasteiger charge is 2.30. The van der Waals surface area contributed by atoms with E-state index in [0.29, 0.717) is 6.04 Å². The van der Waals surface area contributed by atoms with Gasteiger partial charge in [0.1, 0.15) is 5.82 Å². The van der Waals surface area contributed by atoms with Crippen LogP contribution in [0.2, 0.25) is 0 Å². The monoisotopic (exact) mass is 236 g/mol. The van der Waals surface area contributed by atoms with Crippen molar-refractivity contribution in [2.24, 2.45) is 11.7 Å². The van der Waals surface area contributed by atoms with Gasteiger partial charge in [-0.1, -0.05) is 12.1 Å². The predicted octanol–water partition coefficient (Wildman–Crippen LogP) is 2.56. The fraction of sp³-hybridized carbons (Fsp3) is 0.571. The van der Waals surface area contributed by atoms with E-state index in [0.717, 1.165) is 18.0 Å². The van der Waals surface area contributed by atoms with Crippen molar-refractivity contribution in [3.63, 3.8) is 0 Å². The molecule has 1 saturated carbocycles. The first-order valence-electron chi connectivity index (χ1n) is 6.29. The van der Waals surface area contributed by atoms with E-state index in [4.69, 9.17) is 5.73 Å². The average Bonchev–Trinajstić information content (AvgIpc) is 3.11. The fourth-order valence-electron chi connectivity index (χ4n) is 2.26. The fourth-order valence-corrected chi connectivity index (χ4v) is 2.26. The molecule has 2 unspecified atom stereocenters. The van der Waals surface area contributed by atoms with Crippen molar-refractivity contribution in [3.05, 3.63) is 35.6 Å². The van der Waals surface area contributed by atoms with Crippen molar-refractivity contribution in [1.29, 1.82) is 0 Å². The molecular weight excluding hydrogens is 215 g/mol. The van der Waals surface area contributed by atoms with Gasteiger partial charge in [-0.3, -0.25) is 0 Å².